The van der Waals surface area contributed by atoms with Crippen molar-refractivity contribution in [3.05, 3.63) is 107 Å². The molecule has 0 bridgehead atoms. The topological polar surface area (TPSA) is 93.7 Å². The predicted octanol–water partition coefficient (Wildman–Crippen LogP) is 5.88. The number of hydrogen-bond donors (Lipinski definition) is 2. The Kier molecular flexibility index (Phi) is 9.76. The lowest BCUT2D eigenvalue weighted by atomic mass is 9.98. The quantitative estimate of drug-likeness (QED) is 0.177. The van der Waals surface area contributed by atoms with Crippen molar-refractivity contribution in [2.75, 3.05) is 6.61 Å². The number of amides is 2. The zero-order chi connectivity index (χ0) is 30.3. The second kappa shape index (κ2) is 12.9. The Morgan fingerprint density at radius 1 is 0.707 bits per heavy atom. The molecule has 0 saturated heterocycles. The molecule has 0 fully saturated rings. The van der Waals surface area contributed by atoms with Crippen LogP contribution in [0.2, 0.25) is 0 Å². The van der Waals surface area contributed by atoms with Gasteiger partial charge in [-0.2, -0.15) is 26.3 Å². The third-order valence-corrected chi connectivity index (χ3v) is 5.58. The summed E-state index contributed by atoms with van der Waals surface area (Å²) in [7, 11) is 0. The third-order valence-electron chi connectivity index (χ3n) is 5.58. The first kappa shape index (κ1) is 31.1. The van der Waals surface area contributed by atoms with E-state index in [0.717, 1.165) is 6.92 Å². The van der Waals surface area contributed by atoms with Gasteiger partial charge in [0.2, 0.25) is 17.4 Å². The van der Waals surface area contributed by atoms with Gasteiger partial charge in [0.05, 0.1) is 24.3 Å². The number of rotatable bonds is 10. The highest BCUT2D eigenvalue weighted by molar-refractivity contribution is 6.06. The van der Waals surface area contributed by atoms with Crippen LogP contribution < -0.4 is 10.6 Å². The fraction of sp³-hybridized carbons (Fsp3) is 0.250. The Labute approximate surface area is 230 Å². The lowest BCUT2D eigenvalue weighted by molar-refractivity contribution is -0.143. The number of carbonyl (C=O) groups is 3. The molecule has 2 N–H and O–H groups in total. The minimum absolute atomic E-state index is 0.00614. The van der Waals surface area contributed by atoms with Gasteiger partial charge in [-0.15, -0.1) is 0 Å². The van der Waals surface area contributed by atoms with Gasteiger partial charge in [0, 0.05) is 12.5 Å². The van der Waals surface area contributed by atoms with Crippen molar-refractivity contribution in [2.45, 2.75) is 38.2 Å². The van der Waals surface area contributed by atoms with Crippen LogP contribution in [0.25, 0.3) is 0 Å². The molecule has 41 heavy (non-hydrogen) atoms. The average Bonchev–Trinajstić information content (AvgIpc) is 2.91. The van der Waals surface area contributed by atoms with Gasteiger partial charge in [0.25, 0.3) is 0 Å². The monoisotopic (exact) mass is 582 g/mol. The summed E-state index contributed by atoms with van der Waals surface area (Å²) in [4.78, 5) is 38.5. The van der Waals surface area contributed by atoms with E-state index in [0.29, 0.717) is 17.7 Å². The minimum atomic E-state index is -5.08. The molecule has 3 rings (SSSR count). The lowest BCUT2D eigenvalue weighted by Crippen LogP contribution is -2.68. The molecule has 0 saturated carbocycles. The van der Waals surface area contributed by atoms with E-state index >= 15 is 0 Å². The number of Topliss-reactive ketones (excluding diaryl/α,β-unsaturated/α-hetero) is 1. The summed E-state index contributed by atoms with van der Waals surface area (Å²) in [5.74, 6) is -1.69. The van der Waals surface area contributed by atoms with Crippen LogP contribution >= 0.6 is 0 Å². The number of benzene rings is 3. The van der Waals surface area contributed by atoms with Gasteiger partial charge < -0.3 is 14.8 Å². The first-order chi connectivity index (χ1) is 19.2. The summed E-state index contributed by atoms with van der Waals surface area (Å²) in [6.07, 6.45) is -11.3. The van der Waals surface area contributed by atoms with Gasteiger partial charge in [-0.25, -0.2) is 4.79 Å². The highest BCUT2D eigenvalue weighted by Gasteiger charge is 2.43. The highest BCUT2D eigenvalue weighted by Crippen LogP contribution is 2.36. The molecule has 3 aromatic carbocycles. The van der Waals surface area contributed by atoms with Crippen molar-refractivity contribution in [2.24, 2.45) is 0 Å². The van der Waals surface area contributed by atoms with Crippen LogP contribution in [0.15, 0.2) is 78.9 Å². The summed E-state index contributed by atoms with van der Waals surface area (Å²) in [6, 6.07) is 16.7. The molecule has 0 aromatic heterocycles. The molecule has 0 spiro atoms. The Morgan fingerprint density at radius 3 is 1.76 bits per heavy atom. The van der Waals surface area contributed by atoms with Crippen LogP contribution in [0.3, 0.4) is 0 Å². The van der Waals surface area contributed by atoms with E-state index in [-0.39, 0.29) is 18.2 Å². The molecule has 0 radical (unpaired) electrons. The van der Waals surface area contributed by atoms with E-state index in [9.17, 15) is 40.7 Å². The van der Waals surface area contributed by atoms with Gasteiger partial charge in [-0.3, -0.25) is 14.9 Å². The Morgan fingerprint density at radius 2 is 1.24 bits per heavy atom. The number of ketones is 1. The normalized spacial score (nSPS) is 13.1. The van der Waals surface area contributed by atoms with Crippen molar-refractivity contribution in [1.82, 2.24) is 10.6 Å². The van der Waals surface area contributed by atoms with Crippen molar-refractivity contribution in [3.8, 4) is 0 Å². The Balaban J connectivity index is 1.91. The molecule has 7 nitrogen and oxygen atoms in total. The van der Waals surface area contributed by atoms with Crippen molar-refractivity contribution in [1.29, 1.82) is 0 Å². The van der Waals surface area contributed by atoms with E-state index in [1.807, 2.05) is 0 Å². The van der Waals surface area contributed by atoms with E-state index in [4.69, 9.17) is 9.47 Å². The lowest BCUT2D eigenvalue weighted by Gasteiger charge is -2.33. The Hall–Kier alpha value is -4.39. The molecule has 0 aliphatic rings. The van der Waals surface area contributed by atoms with Crippen LogP contribution in [-0.4, -0.2) is 30.1 Å². The smallest absolute Gasteiger partial charge is 0.416 e. The maximum absolute atomic E-state index is 13.6. The molecule has 3 aromatic rings. The van der Waals surface area contributed by atoms with Gasteiger partial charge in [0.1, 0.15) is 6.61 Å². The number of alkyl carbamates (subject to hydrolysis) is 1. The van der Waals surface area contributed by atoms with E-state index in [1.54, 1.807) is 36.4 Å². The van der Waals surface area contributed by atoms with Crippen molar-refractivity contribution >= 4 is 17.8 Å². The number of halogens is 6. The molecule has 1 atom stereocenters. The summed E-state index contributed by atoms with van der Waals surface area (Å²) in [5.41, 5.74) is -5.35. The average molecular weight is 582 g/mol. The molecule has 0 aliphatic carbocycles. The molecular weight excluding hydrogens is 558 g/mol. The molecule has 13 heteroatoms. The number of ether oxygens (including phenoxy) is 2. The first-order valence-corrected chi connectivity index (χ1v) is 11.9. The number of hydrogen-bond acceptors (Lipinski definition) is 5. The van der Waals surface area contributed by atoms with Crippen molar-refractivity contribution in [3.63, 3.8) is 0 Å². The van der Waals surface area contributed by atoms with Crippen LogP contribution in [0, 0.1) is 0 Å². The number of alkyl halides is 6. The largest absolute Gasteiger partial charge is 0.445 e. The zero-order valence-electron chi connectivity index (χ0n) is 21.4. The Bertz CT molecular complexity index is 1330. The second-order valence-corrected chi connectivity index (χ2v) is 8.88. The maximum Gasteiger partial charge on any atom is 0.416 e. The fourth-order valence-corrected chi connectivity index (χ4v) is 3.78. The fourth-order valence-electron chi connectivity index (χ4n) is 3.78. The molecule has 2 amide bonds. The SMILES string of the molecule is CC(=O)N[C@](COCc1cc(C(F)(F)F)cc(C(F)(F)F)c1)(NC(=O)OCc1ccccc1)C(=O)c1ccccc1. The summed E-state index contributed by atoms with van der Waals surface area (Å²) >= 11 is 0. The maximum atomic E-state index is 13.6. The van der Waals surface area contributed by atoms with Gasteiger partial charge >= 0.3 is 18.4 Å². The van der Waals surface area contributed by atoms with E-state index in [1.165, 1.54) is 24.3 Å². The van der Waals surface area contributed by atoms with E-state index in [2.05, 4.69) is 10.6 Å². The second-order valence-electron chi connectivity index (χ2n) is 8.88. The highest BCUT2D eigenvalue weighted by atomic mass is 19.4. The first-order valence-electron chi connectivity index (χ1n) is 11.9. The number of carbonyl (C=O) groups excluding carboxylic acids is 3. The van der Waals surface area contributed by atoms with Gasteiger partial charge in [-0.1, -0.05) is 60.7 Å². The molecule has 0 aliphatic heterocycles. The van der Waals surface area contributed by atoms with Crippen LogP contribution in [0.4, 0.5) is 31.1 Å². The summed E-state index contributed by atoms with van der Waals surface area (Å²) < 4.78 is 90.1. The molecular formula is C28H24F6N2O5. The minimum Gasteiger partial charge on any atom is -0.445 e. The zero-order valence-corrected chi connectivity index (χ0v) is 21.4. The molecule has 0 heterocycles. The van der Waals surface area contributed by atoms with Crippen LogP contribution in [-0.2, 0) is 39.8 Å². The molecule has 0 unspecified atom stereocenters. The van der Waals surface area contributed by atoms with Gasteiger partial charge in [0.15, 0.2) is 0 Å². The molecule has 218 valence electrons. The van der Waals surface area contributed by atoms with Crippen LogP contribution in [0.5, 0.6) is 0 Å². The van der Waals surface area contributed by atoms with Crippen LogP contribution in [0.1, 0.15) is 39.5 Å². The van der Waals surface area contributed by atoms with Gasteiger partial charge in [-0.05, 0) is 29.3 Å². The third kappa shape index (κ3) is 8.80. The predicted molar refractivity (Wildman–Crippen MR) is 133 cm³/mol. The van der Waals surface area contributed by atoms with Crippen molar-refractivity contribution < 1.29 is 50.2 Å². The summed E-state index contributed by atoms with van der Waals surface area (Å²) in [5, 5.41) is 4.55. The standard InChI is InChI=1S/C28H24F6N2O5/c1-18(37)35-26(24(38)21-10-6-3-7-11-21,36-25(39)41-16-19-8-4-2-5-9-19)17-40-15-20-12-22(27(29,30)31)14-23(13-20)28(32,33)34/h2-14H,15-17H2,1H3,(H,35,37)(H,36,39)/t26-/m1/s1. The number of nitrogens with one attached hydrogen (secondary N) is 2. The summed E-state index contributed by atoms with van der Waals surface area (Å²) in [6.45, 7) is -0.893. The van der Waals surface area contributed by atoms with E-state index < -0.39 is 65.7 Å².